The monoisotopic (exact) mass is 489 g/mol. The largest absolute Gasteiger partial charge is 0.490 e. The van der Waals surface area contributed by atoms with E-state index in [9.17, 15) is 0 Å². The smallest absolute Gasteiger partial charge is 0.252 e. The molecule has 170 valence electrons. The first-order valence-corrected chi connectivity index (χ1v) is 14.3. The number of rotatable bonds is 3. The molecule has 1 aliphatic carbocycles. The van der Waals surface area contributed by atoms with Crippen molar-refractivity contribution in [2.45, 2.75) is 57.8 Å². The first-order chi connectivity index (χ1) is 17.3. The van der Waals surface area contributed by atoms with Gasteiger partial charge >= 0.3 is 0 Å². The third-order valence-corrected chi connectivity index (χ3v) is 10.1. The van der Waals surface area contributed by atoms with Crippen LogP contribution in [0.1, 0.15) is 32.1 Å². The Morgan fingerprint density at radius 2 is 1.29 bits per heavy atom. The van der Waals surface area contributed by atoms with Crippen LogP contribution in [0.25, 0.3) is 0 Å². The van der Waals surface area contributed by atoms with Gasteiger partial charge < -0.3 is 9.64 Å². The predicted molar refractivity (Wildman–Crippen MR) is 148 cm³/mol. The Morgan fingerprint density at radius 1 is 0.657 bits per heavy atom. The first-order valence-electron chi connectivity index (χ1n) is 12.7. The maximum absolute atomic E-state index is 6.57. The number of hydrogen-bond donors (Lipinski definition) is 0. The highest BCUT2D eigenvalue weighted by Gasteiger charge is 2.45. The molecule has 0 amide bonds. The van der Waals surface area contributed by atoms with Crippen LogP contribution in [0.2, 0.25) is 0 Å². The summed E-state index contributed by atoms with van der Waals surface area (Å²) in [6, 6.07) is 29.1. The number of nitrogens with zero attached hydrogens (tertiary/aromatic N) is 1. The lowest BCUT2D eigenvalue weighted by Gasteiger charge is -2.43. The highest BCUT2D eigenvalue weighted by atomic mass is 32.2. The van der Waals surface area contributed by atoms with Gasteiger partial charge in [0, 0.05) is 36.6 Å². The Bertz CT molecular complexity index is 1400. The van der Waals surface area contributed by atoms with Crippen molar-refractivity contribution in [3.63, 3.8) is 0 Å². The third kappa shape index (κ3) is 3.07. The summed E-state index contributed by atoms with van der Waals surface area (Å²) >= 11 is 3.84. The van der Waals surface area contributed by atoms with Gasteiger partial charge in [0.15, 0.2) is 0 Å². The van der Waals surface area contributed by atoms with Gasteiger partial charge in [-0.1, -0.05) is 60.3 Å². The fourth-order valence-corrected chi connectivity index (χ4v) is 8.86. The van der Waals surface area contributed by atoms with Gasteiger partial charge in [-0.15, -0.1) is 0 Å². The molecular formula is C30H24BNOS2. The van der Waals surface area contributed by atoms with Crippen LogP contribution < -0.4 is 26.0 Å². The number of benzene rings is 4. The second kappa shape index (κ2) is 7.87. The van der Waals surface area contributed by atoms with E-state index >= 15 is 0 Å². The molecule has 1 saturated carbocycles. The SMILES string of the molecule is c1ccc(N2c3cccc4c3B3c5c(cc(OC6CCCCC6)cc5Sc5cccc2c53)S4)cc1. The van der Waals surface area contributed by atoms with Crippen LogP contribution in [0.15, 0.2) is 98.4 Å². The van der Waals surface area contributed by atoms with Gasteiger partial charge in [0.25, 0.3) is 6.71 Å². The van der Waals surface area contributed by atoms with Crippen molar-refractivity contribution in [2.24, 2.45) is 0 Å². The Hall–Kier alpha value is -2.76. The van der Waals surface area contributed by atoms with E-state index in [1.165, 1.54) is 85.1 Å². The lowest BCUT2D eigenvalue weighted by Crippen LogP contribution is -2.62. The van der Waals surface area contributed by atoms with E-state index in [4.69, 9.17) is 4.74 Å². The molecule has 0 radical (unpaired) electrons. The minimum atomic E-state index is 0.281. The van der Waals surface area contributed by atoms with E-state index in [1.54, 1.807) is 0 Å². The third-order valence-electron chi connectivity index (χ3n) is 7.82. The molecule has 0 spiro atoms. The quantitative estimate of drug-likeness (QED) is 0.258. The molecule has 4 aromatic rings. The lowest BCUT2D eigenvalue weighted by molar-refractivity contribution is 0.154. The van der Waals surface area contributed by atoms with E-state index in [2.05, 4.69) is 83.8 Å². The van der Waals surface area contributed by atoms with Crippen LogP contribution >= 0.6 is 23.5 Å². The molecule has 5 heteroatoms. The van der Waals surface area contributed by atoms with Gasteiger partial charge in [-0.3, -0.25) is 0 Å². The molecule has 8 rings (SSSR count). The van der Waals surface area contributed by atoms with Crippen LogP contribution in [0.3, 0.4) is 0 Å². The molecule has 2 nitrogen and oxygen atoms in total. The van der Waals surface area contributed by atoms with Crippen LogP contribution in [-0.4, -0.2) is 12.8 Å². The van der Waals surface area contributed by atoms with Crippen LogP contribution in [-0.2, 0) is 0 Å². The Balaban J connectivity index is 1.33. The van der Waals surface area contributed by atoms with Crippen molar-refractivity contribution in [3.05, 3.63) is 78.9 Å². The predicted octanol–water partition coefficient (Wildman–Crippen LogP) is 6.63. The topological polar surface area (TPSA) is 12.5 Å². The summed E-state index contributed by atoms with van der Waals surface area (Å²) in [4.78, 5) is 7.93. The van der Waals surface area contributed by atoms with E-state index in [0.717, 1.165) is 5.75 Å². The average molecular weight is 489 g/mol. The second-order valence-electron chi connectivity index (χ2n) is 9.90. The van der Waals surface area contributed by atoms with Crippen molar-refractivity contribution in [1.82, 2.24) is 0 Å². The Labute approximate surface area is 215 Å². The van der Waals surface area contributed by atoms with Crippen LogP contribution in [0.4, 0.5) is 17.1 Å². The van der Waals surface area contributed by atoms with E-state index < -0.39 is 0 Å². The lowest BCUT2D eigenvalue weighted by atomic mass is 9.34. The number of anilines is 3. The van der Waals surface area contributed by atoms with Crippen molar-refractivity contribution in [1.29, 1.82) is 0 Å². The molecule has 0 bridgehead atoms. The van der Waals surface area contributed by atoms with Gasteiger partial charge in [0.05, 0.1) is 6.10 Å². The van der Waals surface area contributed by atoms with Crippen molar-refractivity contribution in [3.8, 4) is 5.75 Å². The first kappa shape index (κ1) is 20.4. The number of ether oxygens (including phenoxy) is 1. The molecule has 4 aliphatic rings. The average Bonchev–Trinajstić information content (AvgIpc) is 2.90. The minimum Gasteiger partial charge on any atom is -0.490 e. The molecular weight excluding hydrogens is 465 g/mol. The minimum absolute atomic E-state index is 0.281. The maximum atomic E-state index is 6.57. The summed E-state index contributed by atoms with van der Waals surface area (Å²) < 4.78 is 6.57. The van der Waals surface area contributed by atoms with Crippen LogP contribution in [0, 0.1) is 0 Å². The zero-order chi connectivity index (χ0) is 22.9. The molecule has 0 saturated heterocycles. The summed E-state index contributed by atoms with van der Waals surface area (Å²) in [7, 11) is 0. The Kier molecular flexibility index (Phi) is 4.60. The van der Waals surface area contributed by atoms with Crippen molar-refractivity contribution < 1.29 is 4.74 Å². The summed E-state index contributed by atoms with van der Waals surface area (Å²) in [6.45, 7) is 0.281. The normalized spacial score (nSPS) is 17.3. The molecule has 0 aromatic heterocycles. The van der Waals surface area contributed by atoms with Gasteiger partial charge in [0.2, 0.25) is 0 Å². The maximum Gasteiger partial charge on any atom is 0.252 e. The highest BCUT2D eigenvalue weighted by molar-refractivity contribution is 8.01. The summed E-state index contributed by atoms with van der Waals surface area (Å²) in [6.07, 6.45) is 6.66. The summed E-state index contributed by atoms with van der Waals surface area (Å²) in [5.41, 5.74) is 8.22. The summed E-state index contributed by atoms with van der Waals surface area (Å²) in [5.74, 6) is 1.05. The second-order valence-corrected chi connectivity index (χ2v) is 12.1. The molecule has 3 heterocycles. The molecule has 0 atom stereocenters. The van der Waals surface area contributed by atoms with Crippen molar-refractivity contribution >= 4 is 63.7 Å². The van der Waals surface area contributed by atoms with Gasteiger partial charge in [-0.05, 0) is 90.6 Å². The zero-order valence-corrected chi connectivity index (χ0v) is 21.0. The fourth-order valence-electron chi connectivity index (χ4n) is 6.34. The molecule has 3 aliphatic heterocycles. The Morgan fingerprint density at radius 3 is 1.91 bits per heavy atom. The van der Waals surface area contributed by atoms with E-state index in [1.807, 2.05) is 23.5 Å². The van der Waals surface area contributed by atoms with Crippen molar-refractivity contribution in [2.75, 3.05) is 4.90 Å². The zero-order valence-electron chi connectivity index (χ0n) is 19.4. The summed E-state index contributed by atoms with van der Waals surface area (Å²) in [5, 5.41) is 0. The van der Waals surface area contributed by atoms with E-state index in [0.29, 0.717) is 6.10 Å². The number of para-hydroxylation sites is 1. The molecule has 35 heavy (non-hydrogen) atoms. The number of hydrogen-bond acceptors (Lipinski definition) is 4. The van der Waals surface area contributed by atoms with Gasteiger partial charge in [-0.2, -0.15) is 0 Å². The highest BCUT2D eigenvalue weighted by Crippen LogP contribution is 2.47. The molecule has 1 fully saturated rings. The van der Waals surface area contributed by atoms with E-state index in [-0.39, 0.29) is 6.71 Å². The molecule has 4 aromatic carbocycles. The molecule has 0 unspecified atom stereocenters. The molecule has 0 N–H and O–H groups in total. The van der Waals surface area contributed by atoms with Gasteiger partial charge in [0.1, 0.15) is 5.75 Å². The van der Waals surface area contributed by atoms with Crippen LogP contribution in [0.5, 0.6) is 5.75 Å². The van der Waals surface area contributed by atoms with Gasteiger partial charge in [-0.25, -0.2) is 0 Å². The fraction of sp³-hybridized carbons (Fsp3) is 0.200. The standard InChI is InChI=1S/C30H24BNOS2/c1-3-9-19(10-4-1)32-22-13-7-15-24-28(22)31-29-23(32)14-8-16-25(29)35-27-18-21(17-26(34-24)30(27)31)33-20-11-5-2-6-12-20/h1,3-4,7-10,13-18,20H,2,5-6,11-12H2.